The molecule has 494 valence electrons. The van der Waals surface area contributed by atoms with Gasteiger partial charge in [-0.1, -0.05) is 0 Å². The van der Waals surface area contributed by atoms with Crippen molar-refractivity contribution in [2.75, 3.05) is 132 Å². The summed E-state index contributed by atoms with van der Waals surface area (Å²) in [5, 5.41) is 92.1. The Bertz CT molecular complexity index is 1920. The van der Waals surface area contributed by atoms with Crippen LogP contribution in [0.4, 0.5) is 0 Å². The van der Waals surface area contributed by atoms with Crippen LogP contribution in [0.25, 0.3) is 0 Å². The van der Waals surface area contributed by atoms with E-state index in [4.69, 9.17) is 68.3 Å². The Balaban J connectivity index is 1.36. The molecule has 34 heteroatoms. The van der Waals surface area contributed by atoms with Crippen LogP contribution >= 0.6 is 0 Å². The second kappa shape index (κ2) is 44.1. The number of amides is 6. The molecular formula is C51H93N7O27. The molecule has 0 aromatic carbocycles. The van der Waals surface area contributed by atoms with Crippen molar-refractivity contribution in [3.05, 3.63) is 0 Å². The molecule has 6 amide bonds. The number of Topliss-reactive ketones (excluding diaryl/α,β-unsaturated/α-hetero) is 1. The minimum Gasteiger partial charge on any atom is -0.394 e. The molecule has 2 saturated heterocycles. The maximum atomic E-state index is 12.8. The summed E-state index contributed by atoms with van der Waals surface area (Å²) in [5.41, 5.74) is 10.9. The molecule has 4 unspecified atom stereocenters. The van der Waals surface area contributed by atoms with Crippen molar-refractivity contribution in [3.63, 3.8) is 0 Å². The SMILES string of the molecule is CC(O[C@H]1[C@H](O)[C@@H](CO)OC(O)[C@@H]1O)C(=O)N[C@@H](C)C(=O)CC[C@@H](NCCOCCOCCOCCOCCOCCOCCOCCOCCNC(=O)CC[C@@H](NC(=O)[C@H](C)NC(=O)C(C)O[C@H]1[C@H](O)[C@@H](CO)OC(O)[C@@H]1O)C(N)=O)C(N)=O. The number of hydrogen-bond donors (Lipinski definition) is 15. The van der Waals surface area contributed by atoms with Gasteiger partial charge in [0, 0.05) is 25.9 Å². The van der Waals surface area contributed by atoms with Gasteiger partial charge in [0.05, 0.1) is 131 Å². The lowest BCUT2D eigenvalue weighted by atomic mass is 9.99. The van der Waals surface area contributed by atoms with Gasteiger partial charge in [0.1, 0.15) is 73.1 Å². The van der Waals surface area contributed by atoms with Crippen LogP contribution < -0.4 is 38.1 Å². The molecule has 17 N–H and O–H groups in total. The molecule has 0 spiro atoms. The second-order valence-corrected chi connectivity index (χ2v) is 19.6. The molecule has 2 aliphatic rings. The van der Waals surface area contributed by atoms with Gasteiger partial charge in [-0.2, -0.15) is 0 Å². The first-order chi connectivity index (χ1) is 40.5. The van der Waals surface area contributed by atoms with Crippen LogP contribution in [0.3, 0.4) is 0 Å². The fraction of sp³-hybridized carbons (Fsp3) is 0.863. The highest BCUT2D eigenvalue weighted by Crippen LogP contribution is 2.25. The maximum absolute atomic E-state index is 12.8. The van der Waals surface area contributed by atoms with E-state index in [2.05, 4.69) is 26.6 Å². The Kier molecular flexibility index (Phi) is 39.9. The van der Waals surface area contributed by atoms with Gasteiger partial charge in [-0.3, -0.25) is 33.6 Å². The summed E-state index contributed by atoms with van der Waals surface area (Å²) >= 11 is 0. The van der Waals surface area contributed by atoms with E-state index in [0.717, 1.165) is 0 Å². The molecular weight excluding hydrogens is 1140 g/mol. The van der Waals surface area contributed by atoms with Crippen LogP contribution in [-0.4, -0.2) is 312 Å². The summed E-state index contributed by atoms with van der Waals surface area (Å²) in [6, 6.07) is -4.28. The predicted molar refractivity (Wildman–Crippen MR) is 289 cm³/mol. The zero-order valence-corrected chi connectivity index (χ0v) is 48.7. The monoisotopic (exact) mass is 1240 g/mol. The molecule has 0 saturated carbocycles. The number of nitrogens with two attached hydrogens (primary N) is 2. The predicted octanol–water partition coefficient (Wildman–Crippen LogP) is -8.80. The third kappa shape index (κ3) is 30.9. The van der Waals surface area contributed by atoms with E-state index in [1.165, 1.54) is 27.7 Å². The van der Waals surface area contributed by atoms with E-state index in [1.54, 1.807) is 0 Å². The normalized spacial score (nSPS) is 24.5. The Morgan fingerprint density at radius 2 is 0.800 bits per heavy atom. The molecule has 2 rings (SSSR count). The van der Waals surface area contributed by atoms with Gasteiger partial charge in [-0.05, 0) is 40.5 Å². The zero-order chi connectivity index (χ0) is 63.3. The molecule has 0 aromatic rings. The van der Waals surface area contributed by atoms with Gasteiger partial charge in [-0.15, -0.1) is 0 Å². The van der Waals surface area contributed by atoms with E-state index in [0.29, 0.717) is 72.7 Å². The fourth-order valence-corrected chi connectivity index (χ4v) is 7.86. The molecule has 0 aliphatic carbocycles. The molecule has 34 nitrogen and oxygen atoms in total. The van der Waals surface area contributed by atoms with Crippen molar-refractivity contribution in [3.8, 4) is 0 Å². The van der Waals surface area contributed by atoms with Crippen LogP contribution in [0, 0.1) is 0 Å². The number of ether oxygens (including phenoxy) is 12. The molecule has 2 heterocycles. The Morgan fingerprint density at radius 1 is 0.447 bits per heavy atom. The van der Waals surface area contributed by atoms with Crippen molar-refractivity contribution in [1.29, 1.82) is 0 Å². The van der Waals surface area contributed by atoms with Crippen LogP contribution in [-0.2, 0) is 90.4 Å². The van der Waals surface area contributed by atoms with Crippen molar-refractivity contribution in [1.82, 2.24) is 26.6 Å². The highest BCUT2D eigenvalue weighted by molar-refractivity contribution is 5.92. The largest absolute Gasteiger partial charge is 0.394 e. The van der Waals surface area contributed by atoms with E-state index in [1.807, 2.05) is 0 Å². The van der Waals surface area contributed by atoms with Crippen molar-refractivity contribution in [2.45, 2.75) is 151 Å². The average Bonchev–Trinajstić information content (AvgIpc) is 2.79. The summed E-state index contributed by atoms with van der Waals surface area (Å²) in [6.07, 6.45) is -18.6. The number of ketones is 1. The minimum absolute atomic E-state index is 0.0565. The highest BCUT2D eigenvalue weighted by Gasteiger charge is 2.47. The van der Waals surface area contributed by atoms with Crippen molar-refractivity contribution in [2.24, 2.45) is 11.5 Å². The van der Waals surface area contributed by atoms with Gasteiger partial charge >= 0.3 is 0 Å². The van der Waals surface area contributed by atoms with Gasteiger partial charge < -0.3 is 136 Å². The molecule has 2 fully saturated rings. The van der Waals surface area contributed by atoms with Crippen LogP contribution in [0.5, 0.6) is 0 Å². The highest BCUT2D eigenvalue weighted by atomic mass is 16.7. The Hall–Kier alpha value is -4.35. The average molecular weight is 1240 g/mol. The lowest BCUT2D eigenvalue weighted by Gasteiger charge is -2.40. The first-order valence-electron chi connectivity index (χ1n) is 28.1. The summed E-state index contributed by atoms with van der Waals surface area (Å²) < 4.78 is 64.5. The van der Waals surface area contributed by atoms with E-state index >= 15 is 0 Å². The Morgan fingerprint density at radius 3 is 1.18 bits per heavy atom. The first kappa shape index (κ1) is 76.7. The first-order valence-corrected chi connectivity index (χ1v) is 28.1. The van der Waals surface area contributed by atoms with Crippen LogP contribution in [0.2, 0.25) is 0 Å². The quantitative estimate of drug-likeness (QED) is 0.0252. The second-order valence-electron chi connectivity index (χ2n) is 19.6. The third-order valence-corrected chi connectivity index (χ3v) is 12.9. The Labute approximate surface area is 492 Å². The topological polar surface area (TPSA) is 504 Å². The molecule has 2 aliphatic heterocycles. The fourth-order valence-electron chi connectivity index (χ4n) is 7.86. The number of hydrogen-bond acceptors (Lipinski definition) is 28. The number of carbonyl (C=O) groups is 7. The summed E-state index contributed by atoms with van der Waals surface area (Å²) in [5.74, 6) is -4.80. The lowest BCUT2D eigenvalue weighted by Crippen LogP contribution is -2.61. The third-order valence-electron chi connectivity index (χ3n) is 12.9. The smallest absolute Gasteiger partial charge is 0.249 e. The maximum Gasteiger partial charge on any atom is 0.249 e. The van der Waals surface area contributed by atoms with Crippen LogP contribution in [0.15, 0.2) is 0 Å². The minimum atomic E-state index is -1.80. The van der Waals surface area contributed by atoms with Crippen LogP contribution in [0.1, 0.15) is 53.4 Å². The molecule has 16 atom stereocenters. The van der Waals surface area contributed by atoms with Gasteiger partial charge in [0.25, 0.3) is 0 Å². The zero-order valence-electron chi connectivity index (χ0n) is 48.7. The number of rotatable bonds is 49. The van der Waals surface area contributed by atoms with Gasteiger partial charge in [0.15, 0.2) is 18.4 Å². The summed E-state index contributed by atoms with van der Waals surface area (Å²) in [4.78, 5) is 87.3. The number of aliphatic hydroxyl groups excluding tert-OH is 8. The molecule has 0 bridgehead atoms. The van der Waals surface area contributed by atoms with Gasteiger partial charge in [0.2, 0.25) is 35.4 Å². The van der Waals surface area contributed by atoms with E-state index in [9.17, 15) is 74.4 Å². The summed E-state index contributed by atoms with van der Waals surface area (Å²) in [7, 11) is 0. The molecule has 85 heavy (non-hydrogen) atoms. The lowest BCUT2D eigenvalue weighted by molar-refractivity contribution is -0.298. The number of nitrogens with one attached hydrogen (secondary N) is 5. The number of aliphatic hydroxyl groups is 8. The number of carbonyl (C=O) groups excluding carboxylic acids is 7. The number of primary amides is 2. The van der Waals surface area contributed by atoms with Gasteiger partial charge in [-0.25, -0.2) is 0 Å². The van der Waals surface area contributed by atoms with Crippen molar-refractivity contribution >= 4 is 41.2 Å². The van der Waals surface area contributed by atoms with E-state index < -0.39 is 152 Å². The van der Waals surface area contributed by atoms with Crippen molar-refractivity contribution < 1.29 is 131 Å². The van der Waals surface area contributed by atoms with E-state index in [-0.39, 0.29) is 71.8 Å². The molecule has 0 aromatic heterocycles. The standard InChI is InChI=1S/C51H93N7O27/c1-29(56-48(70)31(3)82-43-39(63)36(27-59)84-50(72)41(43)65)35(61)7-5-33(45(52)67)54-9-11-74-13-15-76-17-19-78-21-23-80-25-26-81-24-22-79-20-18-77-16-14-75-12-10-55-38(62)8-6-34(46(53)68)58-47(69)30(2)57-49(71)32(4)83-44-40(64)37(28-60)85-51(73)42(44)66/h29-34,36-37,39-44,50-51,54,59-60,63-66,72-73H,5-28H2,1-4H3,(H2,52,67)(H2,53,68)(H,55,62)(H,56,70)(H,57,71)(H,58,69)/t29-,30-,31?,32?,33+,34+,36+,37+,39+,40+,41+,42+,43-,44-,50?,51?/m0/s1. The molecule has 0 radical (unpaired) electrons. The summed E-state index contributed by atoms with van der Waals surface area (Å²) in [6.45, 7) is 9.45.